The Morgan fingerprint density at radius 3 is 2.53 bits per heavy atom. The molecular weight excluding hydrogens is 400 g/mol. The van der Waals surface area contributed by atoms with Gasteiger partial charge < -0.3 is 14.2 Å². The largest absolute Gasteiger partial charge is 0.490 e. The van der Waals surface area contributed by atoms with E-state index in [1.165, 1.54) is 12.8 Å². The molecule has 0 radical (unpaired) electrons. The van der Waals surface area contributed by atoms with Crippen molar-refractivity contribution in [2.45, 2.75) is 58.0 Å². The van der Waals surface area contributed by atoms with Crippen LogP contribution in [0.5, 0.6) is 11.5 Å². The van der Waals surface area contributed by atoms with Gasteiger partial charge in [0.15, 0.2) is 5.75 Å². The molecule has 0 unspecified atom stereocenters. The zero-order valence-electron chi connectivity index (χ0n) is 19.0. The molecule has 1 atom stereocenters. The second-order valence-corrected chi connectivity index (χ2v) is 9.03. The molecule has 0 spiro atoms. The summed E-state index contributed by atoms with van der Waals surface area (Å²) >= 11 is 0. The van der Waals surface area contributed by atoms with E-state index in [0.29, 0.717) is 6.23 Å². The lowest BCUT2D eigenvalue weighted by molar-refractivity contribution is -0.0441. The average Bonchev–Trinajstić information content (AvgIpc) is 3.35. The number of hydrogen-bond donors (Lipinski definition) is 0. The quantitative estimate of drug-likeness (QED) is 0.502. The van der Waals surface area contributed by atoms with Gasteiger partial charge in [-0.1, -0.05) is 24.3 Å². The van der Waals surface area contributed by atoms with Gasteiger partial charge >= 0.3 is 0 Å². The third kappa shape index (κ3) is 4.59. The van der Waals surface area contributed by atoms with Crippen molar-refractivity contribution in [3.05, 3.63) is 54.7 Å². The standard InChI is InChI=1S/C27H32N2O3/c1-19(2)31-27-24(12-9-21-5-3-15-28-26(21)27)20-7-10-22(11-8-20)32-23-13-16-29(17-14-23)25-6-4-18-30-25/h3,5,7-12,15,19,23,25H,4,6,13-14,16-18H2,1-2H3/t25-/m1/s1. The average molecular weight is 433 g/mol. The highest BCUT2D eigenvalue weighted by atomic mass is 16.5. The topological polar surface area (TPSA) is 43.8 Å². The van der Waals surface area contributed by atoms with E-state index in [4.69, 9.17) is 14.2 Å². The highest BCUT2D eigenvalue weighted by Crippen LogP contribution is 2.37. The summed E-state index contributed by atoms with van der Waals surface area (Å²) < 4.78 is 18.4. The number of aromatic nitrogens is 1. The van der Waals surface area contributed by atoms with Crippen LogP contribution >= 0.6 is 0 Å². The molecule has 0 N–H and O–H groups in total. The molecule has 1 aromatic heterocycles. The molecule has 0 saturated carbocycles. The Labute approximate surface area is 190 Å². The van der Waals surface area contributed by atoms with E-state index >= 15 is 0 Å². The molecule has 168 valence electrons. The second kappa shape index (κ2) is 9.47. The van der Waals surface area contributed by atoms with Crippen molar-refractivity contribution in [2.24, 2.45) is 0 Å². The van der Waals surface area contributed by atoms with Crippen molar-refractivity contribution in [1.29, 1.82) is 0 Å². The summed E-state index contributed by atoms with van der Waals surface area (Å²) in [4.78, 5) is 7.06. The Morgan fingerprint density at radius 2 is 1.81 bits per heavy atom. The summed E-state index contributed by atoms with van der Waals surface area (Å²) in [6.45, 7) is 7.10. The van der Waals surface area contributed by atoms with Crippen LogP contribution in [0.1, 0.15) is 39.5 Å². The number of pyridine rings is 1. The maximum atomic E-state index is 6.31. The van der Waals surface area contributed by atoms with Gasteiger partial charge in [0.05, 0.1) is 6.10 Å². The van der Waals surface area contributed by atoms with Crippen LogP contribution in [0.15, 0.2) is 54.7 Å². The molecule has 5 heteroatoms. The molecule has 5 nitrogen and oxygen atoms in total. The van der Waals surface area contributed by atoms with Gasteiger partial charge in [0.25, 0.3) is 0 Å². The lowest BCUT2D eigenvalue weighted by Gasteiger charge is -2.35. The zero-order valence-corrected chi connectivity index (χ0v) is 19.0. The predicted molar refractivity (Wildman–Crippen MR) is 127 cm³/mol. The van der Waals surface area contributed by atoms with E-state index in [0.717, 1.165) is 66.1 Å². The first-order valence-corrected chi connectivity index (χ1v) is 11.8. The van der Waals surface area contributed by atoms with Crippen LogP contribution in [0.25, 0.3) is 22.0 Å². The third-order valence-electron chi connectivity index (χ3n) is 6.34. The highest BCUT2D eigenvalue weighted by Gasteiger charge is 2.28. The summed E-state index contributed by atoms with van der Waals surface area (Å²) in [6.07, 6.45) is 6.93. The monoisotopic (exact) mass is 432 g/mol. The molecule has 5 rings (SSSR count). The van der Waals surface area contributed by atoms with Crippen LogP contribution in [0.2, 0.25) is 0 Å². The van der Waals surface area contributed by atoms with Gasteiger partial charge in [-0.2, -0.15) is 0 Å². The highest BCUT2D eigenvalue weighted by molar-refractivity contribution is 5.92. The van der Waals surface area contributed by atoms with Crippen molar-refractivity contribution < 1.29 is 14.2 Å². The van der Waals surface area contributed by atoms with Gasteiger partial charge in [0.1, 0.15) is 23.6 Å². The number of ether oxygens (including phenoxy) is 3. The van der Waals surface area contributed by atoms with Gasteiger partial charge in [0.2, 0.25) is 0 Å². The molecule has 0 bridgehead atoms. The number of nitrogens with zero attached hydrogens (tertiary/aromatic N) is 2. The minimum Gasteiger partial charge on any atom is -0.490 e. The zero-order chi connectivity index (χ0) is 21.9. The molecule has 3 heterocycles. The molecular formula is C27H32N2O3. The number of likely N-dealkylation sites (tertiary alicyclic amines) is 1. The van der Waals surface area contributed by atoms with E-state index in [1.807, 2.05) is 26.1 Å². The Balaban J connectivity index is 1.29. The number of hydrogen-bond acceptors (Lipinski definition) is 5. The van der Waals surface area contributed by atoms with Gasteiger partial charge in [-0.05, 0) is 69.4 Å². The Bertz CT molecular complexity index is 1040. The van der Waals surface area contributed by atoms with Crippen LogP contribution in [-0.4, -0.2) is 48.0 Å². The SMILES string of the molecule is CC(C)Oc1c(-c2ccc(OC3CCN([C@H]4CCCO4)CC3)cc2)ccc2cccnc12. The van der Waals surface area contributed by atoms with E-state index in [2.05, 4.69) is 52.3 Å². The van der Waals surface area contributed by atoms with Crippen LogP contribution in [0.4, 0.5) is 0 Å². The second-order valence-electron chi connectivity index (χ2n) is 9.03. The van der Waals surface area contributed by atoms with Crippen LogP contribution < -0.4 is 9.47 Å². The lowest BCUT2D eigenvalue weighted by Crippen LogP contribution is -2.43. The molecule has 2 aliphatic rings. The molecule has 0 aliphatic carbocycles. The van der Waals surface area contributed by atoms with Crippen molar-refractivity contribution in [1.82, 2.24) is 9.88 Å². The Hall–Kier alpha value is -2.63. The third-order valence-corrected chi connectivity index (χ3v) is 6.34. The first kappa shape index (κ1) is 21.2. The van der Waals surface area contributed by atoms with Gasteiger partial charge in [-0.15, -0.1) is 0 Å². The Morgan fingerprint density at radius 1 is 1.00 bits per heavy atom. The molecule has 2 fully saturated rings. The van der Waals surface area contributed by atoms with E-state index in [1.54, 1.807) is 0 Å². The minimum atomic E-state index is 0.0736. The molecule has 2 saturated heterocycles. The summed E-state index contributed by atoms with van der Waals surface area (Å²) in [5.74, 6) is 1.77. The van der Waals surface area contributed by atoms with E-state index < -0.39 is 0 Å². The van der Waals surface area contributed by atoms with Crippen LogP contribution in [-0.2, 0) is 4.74 Å². The summed E-state index contributed by atoms with van der Waals surface area (Å²) in [7, 11) is 0. The summed E-state index contributed by atoms with van der Waals surface area (Å²) in [5, 5.41) is 1.08. The first-order valence-electron chi connectivity index (χ1n) is 11.8. The summed E-state index contributed by atoms with van der Waals surface area (Å²) in [5.41, 5.74) is 3.06. The number of piperidine rings is 1. The normalized spacial score (nSPS) is 20.2. The summed E-state index contributed by atoms with van der Waals surface area (Å²) in [6, 6.07) is 16.6. The molecule has 2 aromatic carbocycles. The number of benzene rings is 2. The van der Waals surface area contributed by atoms with E-state index in [9.17, 15) is 0 Å². The van der Waals surface area contributed by atoms with Crippen molar-refractivity contribution in [3.8, 4) is 22.6 Å². The fourth-order valence-corrected chi connectivity index (χ4v) is 4.74. The van der Waals surface area contributed by atoms with Gasteiger partial charge in [-0.25, -0.2) is 0 Å². The minimum absolute atomic E-state index is 0.0736. The number of rotatable bonds is 6. The lowest BCUT2D eigenvalue weighted by atomic mass is 10.0. The molecule has 3 aromatic rings. The van der Waals surface area contributed by atoms with Crippen LogP contribution in [0, 0.1) is 0 Å². The molecule has 2 aliphatic heterocycles. The fraction of sp³-hybridized carbons (Fsp3) is 0.444. The van der Waals surface area contributed by atoms with Crippen molar-refractivity contribution in [3.63, 3.8) is 0 Å². The van der Waals surface area contributed by atoms with E-state index in [-0.39, 0.29) is 12.2 Å². The fourth-order valence-electron chi connectivity index (χ4n) is 4.74. The van der Waals surface area contributed by atoms with Crippen LogP contribution in [0.3, 0.4) is 0 Å². The van der Waals surface area contributed by atoms with Gasteiger partial charge in [-0.3, -0.25) is 9.88 Å². The molecule has 32 heavy (non-hydrogen) atoms. The smallest absolute Gasteiger partial charge is 0.153 e. The maximum Gasteiger partial charge on any atom is 0.153 e. The maximum absolute atomic E-state index is 6.31. The predicted octanol–water partition coefficient (Wildman–Crippen LogP) is 5.67. The Kier molecular flexibility index (Phi) is 6.28. The van der Waals surface area contributed by atoms with Gasteiger partial charge in [0, 0.05) is 36.8 Å². The van der Waals surface area contributed by atoms with Crippen molar-refractivity contribution >= 4 is 10.9 Å². The van der Waals surface area contributed by atoms with Crippen molar-refractivity contribution in [2.75, 3.05) is 19.7 Å². The molecule has 0 amide bonds. The number of fused-ring (bicyclic) bond motifs is 1. The first-order chi connectivity index (χ1) is 15.7.